The van der Waals surface area contributed by atoms with E-state index in [1.165, 1.54) is 0 Å². The summed E-state index contributed by atoms with van der Waals surface area (Å²) >= 11 is 0. The Balaban J connectivity index is 1.16. The molecule has 5 heterocycles. The Kier molecular flexibility index (Phi) is 8.31. The summed E-state index contributed by atoms with van der Waals surface area (Å²) in [6.07, 6.45) is 7.36. The predicted molar refractivity (Wildman–Crippen MR) is 168 cm³/mol. The fourth-order valence-electron chi connectivity index (χ4n) is 7.02. The molecule has 13 nitrogen and oxygen atoms in total. The number of nitrogens with one attached hydrogen (secondary N) is 1. The lowest BCUT2D eigenvalue weighted by Crippen LogP contribution is -2.67. The van der Waals surface area contributed by atoms with Crippen molar-refractivity contribution in [1.29, 1.82) is 0 Å². The molecule has 45 heavy (non-hydrogen) atoms. The van der Waals surface area contributed by atoms with E-state index in [1.54, 1.807) is 42.2 Å². The summed E-state index contributed by atoms with van der Waals surface area (Å²) in [4.78, 5) is 61.0. The minimum Gasteiger partial charge on any atom is -0.444 e. The normalized spacial score (nSPS) is 24.8. The van der Waals surface area contributed by atoms with Crippen LogP contribution in [0.3, 0.4) is 0 Å². The highest BCUT2D eigenvalue weighted by Gasteiger charge is 2.46. The van der Waals surface area contributed by atoms with Gasteiger partial charge in [0.2, 0.25) is 11.9 Å². The molecule has 4 atom stereocenters. The van der Waals surface area contributed by atoms with E-state index in [-0.39, 0.29) is 48.0 Å². The van der Waals surface area contributed by atoms with Gasteiger partial charge in [0.05, 0.1) is 30.9 Å². The van der Waals surface area contributed by atoms with E-state index in [2.05, 4.69) is 27.1 Å². The van der Waals surface area contributed by atoms with Crippen LogP contribution < -0.4 is 10.2 Å². The summed E-state index contributed by atoms with van der Waals surface area (Å²) in [5.74, 6) is 1.60. The topological polar surface area (TPSA) is 133 Å². The highest BCUT2D eigenvalue weighted by atomic mass is 16.6. The summed E-state index contributed by atoms with van der Waals surface area (Å²) < 4.78 is 11.3. The van der Waals surface area contributed by atoms with Gasteiger partial charge in [-0.1, -0.05) is 19.8 Å². The average molecular weight is 621 g/mol. The smallest absolute Gasteiger partial charge is 0.410 e. The van der Waals surface area contributed by atoms with E-state index in [0.29, 0.717) is 43.6 Å². The molecule has 2 bridgehead atoms. The van der Waals surface area contributed by atoms with Gasteiger partial charge in [0.15, 0.2) is 0 Å². The first-order valence-electron chi connectivity index (χ1n) is 15.9. The number of amides is 3. The third-order valence-corrected chi connectivity index (χ3v) is 9.12. The Labute approximate surface area is 264 Å². The summed E-state index contributed by atoms with van der Waals surface area (Å²) in [6.45, 7) is 8.98. The van der Waals surface area contributed by atoms with Crippen molar-refractivity contribution in [3.8, 4) is 0 Å². The maximum atomic E-state index is 13.7. The van der Waals surface area contributed by atoms with Gasteiger partial charge < -0.3 is 34.4 Å². The number of hydrogen-bond acceptors (Lipinski definition) is 10. The first-order valence-corrected chi connectivity index (χ1v) is 15.9. The summed E-state index contributed by atoms with van der Waals surface area (Å²) in [7, 11) is 3.60. The van der Waals surface area contributed by atoms with Crippen LogP contribution in [0.5, 0.6) is 0 Å². The average Bonchev–Trinajstić information content (AvgIpc) is 3.61. The van der Waals surface area contributed by atoms with Gasteiger partial charge in [-0.25, -0.2) is 14.8 Å². The van der Waals surface area contributed by atoms with Crippen molar-refractivity contribution in [1.82, 2.24) is 29.7 Å². The van der Waals surface area contributed by atoms with Crippen molar-refractivity contribution in [2.45, 2.75) is 89.1 Å². The maximum absolute atomic E-state index is 13.7. The molecule has 6 rings (SSSR count). The fourth-order valence-corrected chi connectivity index (χ4v) is 7.02. The lowest BCUT2D eigenvalue weighted by Gasteiger charge is -2.49. The zero-order valence-electron chi connectivity index (χ0n) is 27.0. The molecule has 0 radical (unpaired) electrons. The van der Waals surface area contributed by atoms with E-state index in [1.807, 2.05) is 31.9 Å². The third-order valence-electron chi connectivity index (χ3n) is 9.12. The number of fused-ring (bicyclic) bond motifs is 3. The van der Waals surface area contributed by atoms with E-state index < -0.39 is 5.60 Å². The van der Waals surface area contributed by atoms with Crippen molar-refractivity contribution < 1.29 is 23.9 Å². The van der Waals surface area contributed by atoms with Gasteiger partial charge in [0, 0.05) is 57.1 Å². The number of hydrogen-bond donors (Lipinski definition) is 1. The molecule has 3 fully saturated rings. The van der Waals surface area contributed by atoms with Gasteiger partial charge in [-0.05, 0) is 45.7 Å². The number of pyridine rings is 1. The monoisotopic (exact) mass is 620 g/mol. The number of piperazine rings is 1. The van der Waals surface area contributed by atoms with Crippen LogP contribution in [-0.4, -0.2) is 118 Å². The molecule has 13 heteroatoms. The molecule has 1 N–H and O–H groups in total. The molecule has 4 aliphatic rings. The minimum absolute atomic E-state index is 0.0242. The van der Waals surface area contributed by atoms with Gasteiger partial charge in [-0.3, -0.25) is 9.59 Å². The van der Waals surface area contributed by atoms with Gasteiger partial charge >= 0.3 is 6.09 Å². The quantitative estimate of drug-likeness (QED) is 0.530. The molecule has 3 unspecified atom stereocenters. The molecule has 1 saturated carbocycles. The second kappa shape index (κ2) is 12.1. The van der Waals surface area contributed by atoms with Crippen LogP contribution >= 0.6 is 0 Å². The Morgan fingerprint density at radius 3 is 2.29 bits per heavy atom. The number of carbonyl (C=O) groups is 3. The van der Waals surface area contributed by atoms with Crippen molar-refractivity contribution in [3.63, 3.8) is 0 Å². The Morgan fingerprint density at radius 1 is 1.00 bits per heavy atom. The summed E-state index contributed by atoms with van der Waals surface area (Å²) in [5.41, 5.74) is 0.829. The van der Waals surface area contributed by atoms with Crippen molar-refractivity contribution in [3.05, 3.63) is 35.7 Å². The number of likely N-dealkylation sites (N-methyl/N-ethyl adjacent to an activating group) is 1. The molecule has 3 amide bonds. The number of rotatable bonds is 5. The molecule has 2 saturated heterocycles. The van der Waals surface area contributed by atoms with Crippen LogP contribution in [0.1, 0.15) is 75.2 Å². The molecule has 242 valence electrons. The van der Waals surface area contributed by atoms with Crippen molar-refractivity contribution >= 4 is 35.5 Å². The van der Waals surface area contributed by atoms with Crippen LogP contribution in [-0.2, 0) is 14.3 Å². The maximum Gasteiger partial charge on any atom is 0.410 e. The number of ether oxygens (including phenoxy) is 2. The van der Waals surface area contributed by atoms with E-state index in [9.17, 15) is 14.4 Å². The lowest BCUT2D eigenvalue weighted by atomic mass is 9.97. The zero-order valence-corrected chi connectivity index (χ0v) is 27.0. The second-order valence-corrected chi connectivity index (χ2v) is 13.8. The van der Waals surface area contributed by atoms with Crippen LogP contribution in [0.15, 0.2) is 24.5 Å². The molecule has 0 aromatic carbocycles. The molecule has 0 spiro atoms. The van der Waals surface area contributed by atoms with E-state index in [4.69, 9.17) is 14.5 Å². The largest absolute Gasteiger partial charge is 0.444 e. The van der Waals surface area contributed by atoms with Crippen molar-refractivity contribution in [2.75, 3.05) is 50.6 Å². The number of anilines is 3. The third kappa shape index (κ3) is 6.14. The number of carbonyl (C=O) groups excluding carboxylic acids is 3. The Morgan fingerprint density at radius 2 is 1.69 bits per heavy atom. The van der Waals surface area contributed by atoms with E-state index in [0.717, 1.165) is 37.1 Å². The highest BCUT2D eigenvalue weighted by molar-refractivity contribution is 5.95. The molecular formula is C32H44N8O5. The zero-order chi connectivity index (χ0) is 32.0. The van der Waals surface area contributed by atoms with Crippen LogP contribution in [0.2, 0.25) is 0 Å². The molecule has 1 aliphatic carbocycles. The minimum atomic E-state index is -0.594. The predicted octanol–water partition coefficient (Wildman–Crippen LogP) is 3.40. The van der Waals surface area contributed by atoms with E-state index >= 15 is 0 Å². The first-order chi connectivity index (χ1) is 21.4. The van der Waals surface area contributed by atoms with Gasteiger partial charge in [0.1, 0.15) is 23.3 Å². The van der Waals surface area contributed by atoms with Crippen LogP contribution in [0.4, 0.5) is 22.4 Å². The summed E-state index contributed by atoms with van der Waals surface area (Å²) in [5, 5.41) is 3.19. The van der Waals surface area contributed by atoms with Crippen molar-refractivity contribution in [2.24, 2.45) is 0 Å². The Bertz CT molecular complexity index is 1420. The second-order valence-electron chi connectivity index (χ2n) is 13.8. The molecule has 2 aromatic rings. The standard InChI is InChI=1S/C32H44N8O5/c1-19-24-14-34-30(36-27(24)40(21-9-7-8-10-21)26(19)29(42)37(5)6)35-25-12-11-20(13-33-25)28(41)39-22-15-38(16-23(39)18-44-17-22)31(43)45-32(2,3)4/h11-14,19,21-23,26H,7-10,15-18H2,1-6H3,(H,33,34,35,36)/t19?,22-,23?,26?/m0/s1. The van der Waals surface area contributed by atoms with Crippen LogP contribution in [0, 0.1) is 0 Å². The number of aromatic nitrogens is 3. The Hall–Kier alpha value is -4.00. The van der Waals surface area contributed by atoms with Crippen LogP contribution in [0.25, 0.3) is 0 Å². The highest BCUT2D eigenvalue weighted by Crippen LogP contribution is 2.44. The SMILES string of the molecule is CC1c2cnc(Nc3ccc(C(=O)N4C5COC[C@@H]4CN(C(=O)OC(C)(C)C)C5)cn3)nc2N(C2CCCC2)C1C(=O)N(C)C. The fraction of sp³-hybridized carbons (Fsp3) is 0.625. The molecule has 2 aromatic heterocycles. The number of nitrogens with zero attached hydrogens (tertiary/aromatic N) is 7. The summed E-state index contributed by atoms with van der Waals surface area (Å²) in [6, 6.07) is 2.89. The first kappa shape index (κ1) is 31.0. The molecule has 3 aliphatic heterocycles. The lowest BCUT2D eigenvalue weighted by molar-refractivity contribution is -0.130. The molecular weight excluding hydrogens is 576 g/mol. The van der Waals surface area contributed by atoms with Gasteiger partial charge in [-0.2, -0.15) is 4.98 Å². The number of morpholine rings is 1. The van der Waals surface area contributed by atoms with Gasteiger partial charge in [-0.15, -0.1) is 0 Å². The van der Waals surface area contributed by atoms with Gasteiger partial charge in [0.25, 0.3) is 5.91 Å².